The van der Waals surface area contributed by atoms with Crippen LogP contribution in [0.5, 0.6) is 11.5 Å². The topological polar surface area (TPSA) is 70.0 Å². The van der Waals surface area contributed by atoms with Crippen LogP contribution in [0.3, 0.4) is 0 Å². The van der Waals surface area contributed by atoms with Crippen LogP contribution < -0.4 is 9.47 Å². The Hall–Kier alpha value is -2.15. The summed E-state index contributed by atoms with van der Waals surface area (Å²) in [5.74, 6) is 1.04. The summed E-state index contributed by atoms with van der Waals surface area (Å²) in [5.41, 5.74) is 3.03. The fourth-order valence-corrected chi connectivity index (χ4v) is 2.69. The highest BCUT2D eigenvalue weighted by Crippen LogP contribution is 2.43. The van der Waals surface area contributed by atoms with E-state index in [1.165, 1.54) is 0 Å². The van der Waals surface area contributed by atoms with Gasteiger partial charge in [-0.15, -0.1) is 0 Å². The number of aliphatic hydroxyl groups excluding tert-OH is 1. The minimum Gasteiger partial charge on any atom is -0.493 e. The molecule has 0 unspecified atom stereocenters. The highest BCUT2D eigenvalue weighted by Gasteiger charge is 2.26. The van der Waals surface area contributed by atoms with E-state index in [0.29, 0.717) is 29.2 Å². The lowest BCUT2D eigenvalue weighted by Crippen LogP contribution is -2.12. The van der Waals surface area contributed by atoms with E-state index < -0.39 is 6.29 Å². The third kappa shape index (κ3) is 3.51. The van der Waals surface area contributed by atoms with Gasteiger partial charge in [-0.05, 0) is 36.2 Å². The van der Waals surface area contributed by atoms with Crippen LogP contribution in [0.2, 0.25) is 0 Å². The lowest BCUT2D eigenvalue weighted by molar-refractivity contribution is -0.106. The second kappa shape index (κ2) is 8.63. The largest absolute Gasteiger partial charge is 0.493 e. The number of nitrogens with zero attached hydrogens (tertiary/aromatic N) is 1. The van der Waals surface area contributed by atoms with Crippen molar-refractivity contribution in [3.8, 4) is 22.6 Å². The molecule has 1 heterocycles. The number of aromatic nitrogens is 1. The van der Waals surface area contributed by atoms with Gasteiger partial charge in [-0.3, -0.25) is 4.98 Å². The monoisotopic (exact) mass is 333 g/mol. The SMILES string of the molecule is CCOc1c(OC)cc(-c2ccncc2)c(C(OC)OC)c1CO. The summed E-state index contributed by atoms with van der Waals surface area (Å²) in [6, 6.07) is 5.62. The number of aliphatic hydroxyl groups is 1. The summed E-state index contributed by atoms with van der Waals surface area (Å²) in [6.45, 7) is 2.09. The Bertz CT molecular complexity index is 656. The van der Waals surface area contributed by atoms with Crippen molar-refractivity contribution in [2.24, 2.45) is 0 Å². The van der Waals surface area contributed by atoms with Crippen molar-refractivity contribution in [3.05, 3.63) is 41.7 Å². The molecule has 0 amide bonds. The van der Waals surface area contributed by atoms with Crippen molar-refractivity contribution >= 4 is 0 Å². The van der Waals surface area contributed by atoms with E-state index in [1.54, 1.807) is 33.7 Å². The van der Waals surface area contributed by atoms with E-state index in [4.69, 9.17) is 18.9 Å². The first-order valence-electron chi connectivity index (χ1n) is 7.65. The zero-order valence-corrected chi connectivity index (χ0v) is 14.4. The fourth-order valence-electron chi connectivity index (χ4n) is 2.69. The average molecular weight is 333 g/mol. The highest BCUT2D eigenvalue weighted by molar-refractivity contribution is 5.74. The number of benzene rings is 1. The number of hydrogen-bond acceptors (Lipinski definition) is 6. The van der Waals surface area contributed by atoms with Crippen molar-refractivity contribution < 1.29 is 24.1 Å². The molecule has 0 spiro atoms. The van der Waals surface area contributed by atoms with E-state index >= 15 is 0 Å². The number of rotatable bonds is 8. The smallest absolute Gasteiger partial charge is 0.184 e. The Morgan fingerprint density at radius 3 is 2.29 bits per heavy atom. The molecule has 0 bridgehead atoms. The molecule has 1 N–H and O–H groups in total. The minimum atomic E-state index is -0.652. The van der Waals surface area contributed by atoms with Crippen LogP contribution in [0.15, 0.2) is 30.6 Å². The molecule has 1 aromatic heterocycles. The molecule has 0 aliphatic carbocycles. The quantitative estimate of drug-likeness (QED) is 0.749. The van der Waals surface area contributed by atoms with E-state index in [-0.39, 0.29) is 6.61 Å². The van der Waals surface area contributed by atoms with Crippen LogP contribution in [0.25, 0.3) is 11.1 Å². The standard InChI is InChI=1S/C18H23NO5/c1-5-24-17-14(11-20)16(18(22-3)23-4)13(10-15(17)21-2)12-6-8-19-9-7-12/h6-10,18,20H,5,11H2,1-4H3. The second-order valence-electron chi connectivity index (χ2n) is 4.98. The fraction of sp³-hybridized carbons (Fsp3) is 0.389. The first kappa shape index (κ1) is 18.2. The van der Waals surface area contributed by atoms with Gasteiger partial charge < -0.3 is 24.1 Å². The van der Waals surface area contributed by atoms with Gasteiger partial charge in [0.1, 0.15) is 0 Å². The molecular weight excluding hydrogens is 310 g/mol. The summed E-state index contributed by atoms with van der Waals surface area (Å²) in [4.78, 5) is 4.05. The molecule has 2 rings (SSSR count). The van der Waals surface area contributed by atoms with Crippen LogP contribution in [0.1, 0.15) is 24.3 Å². The molecule has 130 valence electrons. The lowest BCUT2D eigenvalue weighted by atomic mass is 9.94. The normalized spacial score (nSPS) is 10.9. The summed E-state index contributed by atoms with van der Waals surface area (Å²) < 4.78 is 22.1. The predicted molar refractivity (Wildman–Crippen MR) is 90.1 cm³/mol. The molecule has 2 aromatic rings. The van der Waals surface area contributed by atoms with Gasteiger partial charge >= 0.3 is 0 Å². The molecule has 1 aromatic carbocycles. The molecule has 24 heavy (non-hydrogen) atoms. The van der Waals surface area contributed by atoms with Gasteiger partial charge in [0.15, 0.2) is 17.8 Å². The molecule has 6 heteroatoms. The maximum Gasteiger partial charge on any atom is 0.184 e. The van der Waals surface area contributed by atoms with Crippen LogP contribution in [-0.4, -0.2) is 38.0 Å². The average Bonchev–Trinajstić information content (AvgIpc) is 2.64. The van der Waals surface area contributed by atoms with Crippen molar-refractivity contribution in [2.75, 3.05) is 27.9 Å². The summed E-state index contributed by atoms with van der Waals surface area (Å²) in [7, 11) is 4.67. The molecular formula is C18H23NO5. The third-order valence-corrected chi connectivity index (χ3v) is 3.71. The van der Waals surface area contributed by atoms with Gasteiger partial charge in [0.25, 0.3) is 0 Å². The molecule has 0 fully saturated rings. The minimum absolute atomic E-state index is 0.233. The Morgan fingerprint density at radius 2 is 1.79 bits per heavy atom. The lowest BCUT2D eigenvalue weighted by Gasteiger charge is -2.24. The molecule has 0 radical (unpaired) electrons. The van der Waals surface area contributed by atoms with E-state index in [1.807, 2.05) is 25.1 Å². The second-order valence-corrected chi connectivity index (χ2v) is 4.98. The third-order valence-electron chi connectivity index (χ3n) is 3.71. The zero-order valence-electron chi connectivity index (χ0n) is 14.4. The van der Waals surface area contributed by atoms with E-state index in [9.17, 15) is 5.11 Å². The Labute approximate surface area is 142 Å². The summed E-state index contributed by atoms with van der Waals surface area (Å²) in [6.07, 6.45) is 2.75. The first-order valence-corrected chi connectivity index (χ1v) is 7.65. The van der Waals surface area contributed by atoms with Crippen LogP contribution in [0, 0.1) is 0 Å². The maximum absolute atomic E-state index is 10.00. The Balaban J connectivity index is 2.81. The van der Waals surface area contributed by atoms with Gasteiger partial charge in [0, 0.05) is 37.7 Å². The van der Waals surface area contributed by atoms with Crippen LogP contribution in [-0.2, 0) is 16.1 Å². The molecule has 0 saturated heterocycles. The molecule has 0 saturated carbocycles. The summed E-state index contributed by atoms with van der Waals surface area (Å²) >= 11 is 0. The maximum atomic E-state index is 10.00. The van der Waals surface area contributed by atoms with Crippen LogP contribution >= 0.6 is 0 Å². The van der Waals surface area contributed by atoms with Gasteiger partial charge in [-0.25, -0.2) is 0 Å². The predicted octanol–water partition coefficient (Wildman–Crippen LogP) is 2.94. The van der Waals surface area contributed by atoms with Gasteiger partial charge in [-0.2, -0.15) is 0 Å². The Kier molecular flexibility index (Phi) is 6.54. The molecule has 0 aliphatic heterocycles. The van der Waals surface area contributed by atoms with Gasteiger partial charge in [0.2, 0.25) is 0 Å². The van der Waals surface area contributed by atoms with Crippen LogP contribution in [0.4, 0.5) is 0 Å². The van der Waals surface area contributed by atoms with E-state index in [2.05, 4.69) is 4.98 Å². The van der Waals surface area contributed by atoms with Gasteiger partial charge in [0.05, 0.1) is 20.3 Å². The van der Waals surface area contributed by atoms with Gasteiger partial charge in [-0.1, -0.05) is 0 Å². The zero-order chi connectivity index (χ0) is 17.5. The Morgan fingerprint density at radius 1 is 1.12 bits per heavy atom. The number of ether oxygens (including phenoxy) is 4. The number of pyridine rings is 1. The van der Waals surface area contributed by atoms with Crippen molar-refractivity contribution in [2.45, 2.75) is 19.8 Å². The molecule has 0 atom stereocenters. The highest BCUT2D eigenvalue weighted by atomic mass is 16.7. The summed E-state index contributed by atoms with van der Waals surface area (Å²) in [5, 5.41) is 10.00. The van der Waals surface area contributed by atoms with Crippen molar-refractivity contribution in [1.82, 2.24) is 4.98 Å². The van der Waals surface area contributed by atoms with Crippen molar-refractivity contribution in [1.29, 1.82) is 0 Å². The first-order chi connectivity index (χ1) is 11.7. The number of hydrogen-bond donors (Lipinski definition) is 1. The number of methoxy groups -OCH3 is 3. The van der Waals surface area contributed by atoms with Crippen molar-refractivity contribution in [3.63, 3.8) is 0 Å². The van der Waals surface area contributed by atoms with E-state index in [0.717, 1.165) is 11.1 Å². The molecule has 6 nitrogen and oxygen atoms in total. The molecule has 0 aliphatic rings.